The summed E-state index contributed by atoms with van der Waals surface area (Å²) in [5, 5.41) is 4.05. The number of nitrogens with one attached hydrogen (secondary N) is 1. The van der Waals surface area contributed by atoms with Gasteiger partial charge in [-0.1, -0.05) is 72.8 Å². The maximum Gasteiger partial charge on any atom is 0.336 e. The minimum atomic E-state index is -0.533. The summed E-state index contributed by atoms with van der Waals surface area (Å²) in [6.45, 7) is 0.340. The summed E-state index contributed by atoms with van der Waals surface area (Å²) < 4.78 is 16.6. The van der Waals surface area contributed by atoms with Crippen LogP contribution in [0.4, 0.5) is 0 Å². The van der Waals surface area contributed by atoms with Gasteiger partial charge in [0.15, 0.2) is 11.5 Å². The Bertz CT molecular complexity index is 1430. The number of esters is 1. The van der Waals surface area contributed by atoms with Crippen molar-refractivity contribution in [1.82, 2.24) is 5.43 Å². The quantitative estimate of drug-likeness (QED) is 0.0987. The molecule has 0 atom stereocenters. The highest BCUT2D eigenvalue weighted by molar-refractivity contribution is 5.97. The highest BCUT2D eigenvalue weighted by Crippen LogP contribution is 2.28. The second-order valence-electron chi connectivity index (χ2n) is 8.04. The first-order valence-corrected chi connectivity index (χ1v) is 11.8. The summed E-state index contributed by atoms with van der Waals surface area (Å²) in [4.78, 5) is 25.0. The van der Waals surface area contributed by atoms with Crippen molar-refractivity contribution in [3.05, 3.63) is 131 Å². The Hall–Kier alpha value is -5.17. The highest BCUT2D eigenvalue weighted by Gasteiger charge is 2.12. The van der Waals surface area contributed by atoms with E-state index in [9.17, 15) is 9.59 Å². The van der Waals surface area contributed by atoms with Gasteiger partial charge in [0, 0.05) is 6.08 Å². The molecule has 0 fully saturated rings. The van der Waals surface area contributed by atoms with Crippen LogP contribution in [-0.4, -0.2) is 25.2 Å². The van der Waals surface area contributed by atoms with Crippen molar-refractivity contribution in [2.24, 2.45) is 5.10 Å². The molecule has 4 aromatic carbocycles. The number of ether oxygens (including phenoxy) is 3. The topological polar surface area (TPSA) is 86.2 Å². The first kappa shape index (κ1) is 25.9. The van der Waals surface area contributed by atoms with Gasteiger partial charge in [0.2, 0.25) is 0 Å². The van der Waals surface area contributed by atoms with Crippen LogP contribution in [0.15, 0.2) is 114 Å². The number of amides is 1. The minimum absolute atomic E-state index is 0.265. The second-order valence-corrected chi connectivity index (χ2v) is 8.04. The fourth-order valence-electron chi connectivity index (χ4n) is 3.46. The molecule has 7 nitrogen and oxygen atoms in total. The van der Waals surface area contributed by atoms with E-state index in [1.807, 2.05) is 60.7 Å². The van der Waals surface area contributed by atoms with Gasteiger partial charge < -0.3 is 14.2 Å². The summed E-state index contributed by atoms with van der Waals surface area (Å²) in [5.41, 5.74) is 5.40. The lowest BCUT2D eigenvalue weighted by Gasteiger charge is -2.10. The Morgan fingerprint density at radius 2 is 1.50 bits per heavy atom. The van der Waals surface area contributed by atoms with Crippen LogP contribution in [0.1, 0.15) is 27.0 Å². The molecular formula is C31H26N2O5. The van der Waals surface area contributed by atoms with Crippen LogP contribution in [0.3, 0.4) is 0 Å². The number of para-hydroxylation sites is 1. The van der Waals surface area contributed by atoms with Gasteiger partial charge in [-0.25, -0.2) is 10.2 Å². The standard InChI is InChI=1S/C31H26N2O5/c1-36-29-20-25(16-18-28(29)38-30(34)19-17-23-10-4-2-5-11-23)21-32-33-31(35)26-14-8-9-15-27(26)37-22-24-12-6-3-7-13-24/h2-21H,22H2,1H3,(H,33,35)/b19-17+,32-21-. The maximum absolute atomic E-state index is 12.7. The molecule has 4 rings (SSSR count). The van der Waals surface area contributed by atoms with Gasteiger partial charge in [0.1, 0.15) is 12.4 Å². The van der Waals surface area contributed by atoms with Gasteiger partial charge in [-0.15, -0.1) is 0 Å². The molecule has 4 aromatic rings. The average Bonchev–Trinajstić information content (AvgIpc) is 2.97. The zero-order valence-electron chi connectivity index (χ0n) is 20.7. The number of hydrogen-bond donors (Lipinski definition) is 1. The third-order valence-corrected chi connectivity index (χ3v) is 5.36. The Balaban J connectivity index is 1.36. The third kappa shape index (κ3) is 7.41. The van der Waals surface area contributed by atoms with E-state index in [0.29, 0.717) is 29.2 Å². The Morgan fingerprint density at radius 1 is 0.789 bits per heavy atom. The van der Waals surface area contributed by atoms with Crippen LogP contribution in [-0.2, 0) is 11.4 Å². The average molecular weight is 507 g/mol. The number of rotatable bonds is 10. The largest absolute Gasteiger partial charge is 0.493 e. The summed E-state index contributed by atoms with van der Waals surface area (Å²) in [6.07, 6.45) is 4.49. The number of hydrazone groups is 1. The molecule has 7 heteroatoms. The van der Waals surface area contributed by atoms with E-state index in [1.54, 1.807) is 48.5 Å². The van der Waals surface area contributed by atoms with E-state index < -0.39 is 11.9 Å². The van der Waals surface area contributed by atoms with Crippen LogP contribution in [0.2, 0.25) is 0 Å². The number of methoxy groups -OCH3 is 1. The highest BCUT2D eigenvalue weighted by atomic mass is 16.6. The Labute approximate surface area is 221 Å². The molecule has 0 unspecified atom stereocenters. The van der Waals surface area contributed by atoms with Crippen molar-refractivity contribution in [1.29, 1.82) is 0 Å². The fourth-order valence-corrected chi connectivity index (χ4v) is 3.46. The van der Waals surface area contributed by atoms with Crippen LogP contribution in [0.25, 0.3) is 6.08 Å². The van der Waals surface area contributed by atoms with Gasteiger partial charge in [0.05, 0.1) is 18.9 Å². The molecule has 1 amide bonds. The summed E-state index contributed by atoms with van der Waals surface area (Å²) in [6, 6.07) is 31.0. The molecule has 0 aromatic heterocycles. The van der Waals surface area contributed by atoms with Crippen molar-refractivity contribution in [3.63, 3.8) is 0 Å². The van der Waals surface area contributed by atoms with E-state index in [2.05, 4.69) is 10.5 Å². The molecule has 0 heterocycles. The van der Waals surface area contributed by atoms with Crippen molar-refractivity contribution >= 4 is 24.2 Å². The number of hydrogen-bond acceptors (Lipinski definition) is 6. The lowest BCUT2D eigenvalue weighted by molar-refractivity contribution is -0.129. The van der Waals surface area contributed by atoms with Gasteiger partial charge >= 0.3 is 5.97 Å². The van der Waals surface area contributed by atoms with Crippen LogP contribution >= 0.6 is 0 Å². The molecular weight excluding hydrogens is 480 g/mol. The summed E-state index contributed by atoms with van der Waals surface area (Å²) in [7, 11) is 1.47. The summed E-state index contributed by atoms with van der Waals surface area (Å²) >= 11 is 0. The lowest BCUT2D eigenvalue weighted by atomic mass is 10.2. The SMILES string of the molecule is COc1cc(/C=N\NC(=O)c2ccccc2OCc2ccccc2)ccc1OC(=O)/C=C/c1ccccc1. The smallest absolute Gasteiger partial charge is 0.336 e. The van der Waals surface area contributed by atoms with E-state index in [0.717, 1.165) is 11.1 Å². The minimum Gasteiger partial charge on any atom is -0.493 e. The van der Waals surface area contributed by atoms with Crippen molar-refractivity contribution < 1.29 is 23.8 Å². The molecule has 0 saturated heterocycles. The maximum atomic E-state index is 12.7. The van der Waals surface area contributed by atoms with Crippen molar-refractivity contribution in [3.8, 4) is 17.2 Å². The van der Waals surface area contributed by atoms with E-state index >= 15 is 0 Å². The number of nitrogens with zero attached hydrogens (tertiary/aromatic N) is 1. The predicted octanol–water partition coefficient (Wildman–Crippen LogP) is 5.66. The Morgan fingerprint density at radius 3 is 2.26 bits per heavy atom. The van der Waals surface area contributed by atoms with E-state index in [1.165, 1.54) is 19.4 Å². The Kier molecular flexibility index (Phi) is 9.02. The van der Waals surface area contributed by atoms with Crippen molar-refractivity contribution in [2.45, 2.75) is 6.61 Å². The number of carbonyl (C=O) groups excluding carboxylic acids is 2. The molecule has 0 bridgehead atoms. The van der Waals surface area contributed by atoms with Crippen LogP contribution in [0.5, 0.6) is 17.2 Å². The molecule has 38 heavy (non-hydrogen) atoms. The number of carbonyl (C=O) groups is 2. The third-order valence-electron chi connectivity index (χ3n) is 5.36. The first-order valence-electron chi connectivity index (χ1n) is 11.8. The van der Waals surface area contributed by atoms with Crippen LogP contribution < -0.4 is 19.6 Å². The second kappa shape index (κ2) is 13.2. The van der Waals surface area contributed by atoms with Crippen LogP contribution in [0, 0.1) is 0 Å². The van der Waals surface area contributed by atoms with Crippen molar-refractivity contribution in [2.75, 3.05) is 7.11 Å². The monoisotopic (exact) mass is 506 g/mol. The van der Waals surface area contributed by atoms with Gasteiger partial charge in [-0.05, 0) is 53.1 Å². The molecule has 0 radical (unpaired) electrons. The molecule has 190 valence electrons. The zero-order chi connectivity index (χ0) is 26.6. The van der Waals surface area contributed by atoms with Gasteiger partial charge in [-0.3, -0.25) is 4.79 Å². The normalized spacial score (nSPS) is 10.9. The van der Waals surface area contributed by atoms with Gasteiger partial charge in [0.25, 0.3) is 5.91 Å². The molecule has 0 aliphatic carbocycles. The molecule has 0 saturated carbocycles. The number of benzene rings is 4. The lowest BCUT2D eigenvalue weighted by Crippen LogP contribution is -2.18. The summed E-state index contributed by atoms with van der Waals surface area (Å²) in [5.74, 6) is 0.127. The molecule has 0 aliphatic rings. The molecule has 1 N–H and O–H groups in total. The first-order chi connectivity index (χ1) is 18.6. The van der Waals surface area contributed by atoms with Gasteiger partial charge in [-0.2, -0.15) is 5.10 Å². The van der Waals surface area contributed by atoms with E-state index in [4.69, 9.17) is 14.2 Å². The van der Waals surface area contributed by atoms with E-state index in [-0.39, 0.29) is 5.75 Å². The molecule has 0 aliphatic heterocycles. The molecule has 0 spiro atoms. The predicted molar refractivity (Wildman–Crippen MR) is 146 cm³/mol. The zero-order valence-corrected chi connectivity index (χ0v) is 20.7. The fraction of sp³-hybridized carbons (Fsp3) is 0.0645.